The molecule has 1 aromatic rings. The van der Waals surface area contributed by atoms with Gasteiger partial charge in [-0.2, -0.15) is 0 Å². The molecule has 0 saturated carbocycles. The minimum absolute atomic E-state index is 0. The Bertz CT molecular complexity index is 379. The molecule has 2 rings (SSSR count). The van der Waals surface area contributed by atoms with E-state index in [0.717, 1.165) is 38.3 Å². The fourth-order valence-electron chi connectivity index (χ4n) is 2.36. The number of rotatable bonds is 4. The first-order valence-electron chi connectivity index (χ1n) is 6.30. The van der Waals surface area contributed by atoms with Gasteiger partial charge in [0.2, 0.25) is 0 Å². The van der Waals surface area contributed by atoms with Gasteiger partial charge in [0.05, 0.1) is 11.7 Å². The lowest BCUT2D eigenvalue weighted by Crippen LogP contribution is -2.45. The van der Waals surface area contributed by atoms with Gasteiger partial charge in [-0.25, -0.2) is 0 Å². The summed E-state index contributed by atoms with van der Waals surface area (Å²) in [6.45, 7) is 10.2. The van der Waals surface area contributed by atoms with E-state index in [1.54, 1.807) is 0 Å². The van der Waals surface area contributed by atoms with E-state index in [1.807, 2.05) is 19.1 Å². The smallest absolute Gasteiger partial charge is 0.0581 e. The molecule has 1 fully saturated rings. The van der Waals surface area contributed by atoms with Crippen LogP contribution in [0.2, 0.25) is 0 Å². The molecule has 0 radical (unpaired) electrons. The summed E-state index contributed by atoms with van der Waals surface area (Å²) in [4.78, 5) is 7.16. The summed E-state index contributed by atoms with van der Waals surface area (Å²) >= 11 is 0. The van der Waals surface area contributed by atoms with E-state index in [0.29, 0.717) is 6.04 Å². The van der Waals surface area contributed by atoms with Crippen LogP contribution < -0.4 is 5.32 Å². The van der Waals surface area contributed by atoms with Crippen molar-refractivity contribution in [3.05, 3.63) is 42.2 Å². The van der Waals surface area contributed by atoms with Crippen LogP contribution >= 0.6 is 24.8 Å². The summed E-state index contributed by atoms with van der Waals surface area (Å²) in [5.41, 5.74) is 2.26. The van der Waals surface area contributed by atoms with Crippen LogP contribution in [0.1, 0.15) is 23.9 Å². The van der Waals surface area contributed by atoms with Crippen LogP contribution in [0, 0.1) is 6.92 Å². The normalized spacial score (nSPS) is 16.9. The van der Waals surface area contributed by atoms with Gasteiger partial charge < -0.3 is 5.32 Å². The van der Waals surface area contributed by atoms with Gasteiger partial charge >= 0.3 is 0 Å². The molecular formula is C14H23Cl2N3. The van der Waals surface area contributed by atoms with Crippen LogP contribution in [0.25, 0.3) is 0 Å². The predicted molar refractivity (Wildman–Crippen MR) is 85.5 cm³/mol. The van der Waals surface area contributed by atoms with Crippen molar-refractivity contribution in [2.75, 3.05) is 26.2 Å². The lowest BCUT2D eigenvalue weighted by molar-refractivity contribution is 0.171. The molecule has 1 aliphatic rings. The molecule has 1 aromatic heterocycles. The largest absolute Gasteiger partial charge is 0.314 e. The maximum absolute atomic E-state index is 4.66. The Balaban J connectivity index is 0.00000162. The Morgan fingerprint density at radius 1 is 1.37 bits per heavy atom. The monoisotopic (exact) mass is 303 g/mol. The average Bonchev–Trinajstić information content (AvgIpc) is 2.37. The lowest BCUT2D eigenvalue weighted by Gasteiger charge is -2.34. The number of pyridine rings is 1. The fraction of sp³-hybridized carbons (Fsp3) is 0.500. The zero-order valence-corrected chi connectivity index (χ0v) is 13.0. The van der Waals surface area contributed by atoms with Crippen LogP contribution in [-0.2, 0) is 0 Å². The van der Waals surface area contributed by atoms with Gasteiger partial charge in [-0.3, -0.25) is 9.88 Å². The molecule has 0 amide bonds. The average molecular weight is 304 g/mol. The molecule has 1 saturated heterocycles. The van der Waals surface area contributed by atoms with Crippen LogP contribution in [0.4, 0.5) is 0 Å². The summed E-state index contributed by atoms with van der Waals surface area (Å²) < 4.78 is 0. The van der Waals surface area contributed by atoms with Gasteiger partial charge in [0.25, 0.3) is 0 Å². The second-order valence-corrected chi connectivity index (χ2v) is 4.53. The molecular weight excluding hydrogens is 281 g/mol. The number of nitrogens with zero attached hydrogens (tertiary/aromatic N) is 2. The van der Waals surface area contributed by atoms with Crippen molar-refractivity contribution in [3.8, 4) is 0 Å². The first-order valence-corrected chi connectivity index (χ1v) is 6.30. The molecule has 5 heteroatoms. The van der Waals surface area contributed by atoms with E-state index in [2.05, 4.69) is 33.9 Å². The molecule has 1 atom stereocenters. The maximum atomic E-state index is 4.66. The number of halogens is 2. The number of aromatic nitrogens is 1. The van der Waals surface area contributed by atoms with Gasteiger partial charge in [-0.05, 0) is 25.5 Å². The van der Waals surface area contributed by atoms with Crippen LogP contribution in [0.15, 0.2) is 30.9 Å². The molecule has 1 N–H and O–H groups in total. The zero-order valence-electron chi connectivity index (χ0n) is 11.3. The Morgan fingerprint density at radius 3 is 2.63 bits per heavy atom. The van der Waals surface area contributed by atoms with Gasteiger partial charge in [0.15, 0.2) is 0 Å². The van der Waals surface area contributed by atoms with Crippen molar-refractivity contribution in [1.82, 2.24) is 15.2 Å². The Kier molecular flexibility index (Phi) is 9.02. The predicted octanol–water partition coefficient (Wildman–Crippen LogP) is 2.76. The van der Waals surface area contributed by atoms with Gasteiger partial charge in [0.1, 0.15) is 0 Å². The SMILES string of the molecule is C=CC[C@H](c1cccc(C)n1)N1CCNCC1.Cl.Cl. The van der Waals surface area contributed by atoms with E-state index in [9.17, 15) is 0 Å². The number of nitrogens with one attached hydrogen (secondary N) is 1. The summed E-state index contributed by atoms with van der Waals surface area (Å²) in [6, 6.07) is 6.65. The number of piperazine rings is 1. The minimum atomic E-state index is 0. The zero-order chi connectivity index (χ0) is 12.1. The highest BCUT2D eigenvalue weighted by Gasteiger charge is 2.21. The van der Waals surface area contributed by atoms with Crippen LogP contribution in [0.5, 0.6) is 0 Å². The highest BCUT2D eigenvalue weighted by molar-refractivity contribution is 5.85. The molecule has 0 unspecified atom stereocenters. The summed E-state index contributed by atoms with van der Waals surface area (Å²) in [5.74, 6) is 0. The highest BCUT2D eigenvalue weighted by Crippen LogP contribution is 2.23. The highest BCUT2D eigenvalue weighted by atomic mass is 35.5. The first kappa shape index (κ1) is 18.4. The molecule has 0 bridgehead atoms. The summed E-state index contributed by atoms with van der Waals surface area (Å²) in [5, 5.41) is 3.39. The quantitative estimate of drug-likeness (QED) is 0.867. The molecule has 19 heavy (non-hydrogen) atoms. The topological polar surface area (TPSA) is 28.2 Å². The molecule has 1 aliphatic heterocycles. The number of hydrogen-bond acceptors (Lipinski definition) is 3. The minimum Gasteiger partial charge on any atom is -0.314 e. The molecule has 0 spiro atoms. The first-order chi connectivity index (χ1) is 8.31. The third-order valence-electron chi connectivity index (χ3n) is 3.23. The van der Waals surface area contributed by atoms with Crippen molar-refractivity contribution >= 4 is 24.8 Å². The van der Waals surface area contributed by atoms with Crippen LogP contribution in [-0.4, -0.2) is 36.1 Å². The van der Waals surface area contributed by atoms with Crippen molar-refractivity contribution < 1.29 is 0 Å². The maximum Gasteiger partial charge on any atom is 0.0581 e. The molecule has 108 valence electrons. The van der Waals surface area contributed by atoms with E-state index in [1.165, 1.54) is 5.69 Å². The van der Waals surface area contributed by atoms with E-state index in [4.69, 9.17) is 0 Å². The summed E-state index contributed by atoms with van der Waals surface area (Å²) in [7, 11) is 0. The second-order valence-electron chi connectivity index (χ2n) is 4.53. The molecule has 0 aliphatic carbocycles. The molecule has 3 nitrogen and oxygen atoms in total. The number of hydrogen-bond donors (Lipinski definition) is 1. The van der Waals surface area contributed by atoms with Crippen molar-refractivity contribution in [1.29, 1.82) is 0 Å². The third-order valence-corrected chi connectivity index (χ3v) is 3.23. The van der Waals surface area contributed by atoms with Gasteiger partial charge in [-0.15, -0.1) is 31.4 Å². The molecule has 0 aromatic carbocycles. The lowest BCUT2D eigenvalue weighted by atomic mass is 10.1. The standard InChI is InChI=1S/C14H21N3.2ClH/c1-3-5-14(17-10-8-15-9-11-17)13-7-4-6-12(2)16-13;;/h3-4,6-7,14-15H,1,5,8-11H2,2H3;2*1H/t14-;;/m1../s1. The Morgan fingerprint density at radius 2 is 2.05 bits per heavy atom. The Hall–Kier alpha value is -0.610. The van der Waals surface area contributed by atoms with E-state index >= 15 is 0 Å². The van der Waals surface area contributed by atoms with Crippen molar-refractivity contribution in [2.24, 2.45) is 0 Å². The third kappa shape index (κ3) is 5.11. The summed E-state index contributed by atoms with van der Waals surface area (Å²) in [6.07, 6.45) is 2.97. The Labute approximate surface area is 128 Å². The molecule has 2 heterocycles. The second kappa shape index (κ2) is 9.32. The fourth-order valence-corrected chi connectivity index (χ4v) is 2.36. The van der Waals surface area contributed by atoms with Gasteiger partial charge in [0, 0.05) is 31.9 Å². The van der Waals surface area contributed by atoms with E-state index in [-0.39, 0.29) is 24.8 Å². The van der Waals surface area contributed by atoms with Crippen LogP contribution in [0.3, 0.4) is 0 Å². The van der Waals surface area contributed by atoms with E-state index < -0.39 is 0 Å². The number of aryl methyl sites for hydroxylation is 1. The van der Waals surface area contributed by atoms with Gasteiger partial charge in [-0.1, -0.05) is 12.1 Å². The van der Waals surface area contributed by atoms with Crippen molar-refractivity contribution in [2.45, 2.75) is 19.4 Å². The van der Waals surface area contributed by atoms with Crippen molar-refractivity contribution in [3.63, 3.8) is 0 Å².